The molecule has 3 aromatic carbocycles. The number of amides is 2. The number of hydrogen-bond donors (Lipinski definition) is 0. The first-order valence-electron chi connectivity index (χ1n) is 13.5. The average Bonchev–Trinajstić information content (AvgIpc) is 2.95. The minimum absolute atomic E-state index is 0.0991. The van der Waals surface area contributed by atoms with E-state index in [1.54, 1.807) is 0 Å². The summed E-state index contributed by atoms with van der Waals surface area (Å²) in [5.74, 6) is 0.537. The molecule has 3 aromatic rings. The van der Waals surface area contributed by atoms with Gasteiger partial charge in [0.15, 0.2) is 0 Å². The first-order chi connectivity index (χ1) is 17.7. The molecule has 1 atom stereocenters. The summed E-state index contributed by atoms with van der Waals surface area (Å²) in [6, 6.07) is 19.2. The molecule has 0 saturated carbocycles. The molecule has 0 aromatic heterocycles. The molecule has 188 valence electrons. The van der Waals surface area contributed by atoms with E-state index in [2.05, 4.69) is 41.3 Å². The topological polar surface area (TPSA) is 53.1 Å². The van der Waals surface area contributed by atoms with Crippen LogP contribution >= 0.6 is 0 Å². The molecule has 3 aliphatic rings. The highest BCUT2D eigenvalue weighted by molar-refractivity contribution is 6.10. The lowest BCUT2D eigenvalue weighted by atomic mass is 9.92. The molecule has 3 heterocycles. The fourth-order valence-corrected chi connectivity index (χ4v) is 6.34. The summed E-state index contributed by atoms with van der Waals surface area (Å²) in [6.07, 6.45) is 4.00. The molecule has 0 spiro atoms. The van der Waals surface area contributed by atoms with Gasteiger partial charge >= 0.3 is 0 Å². The Morgan fingerprint density at radius 3 is 2.25 bits per heavy atom. The van der Waals surface area contributed by atoms with E-state index in [4.69, 9.17) is 4.74 Å². The third kappa shape index (κ3) is 4.60. The number of hydrogen-bond acceptors (Lipinski definition) is 4. The molecule has 3 fully saturated rings. The summed E-state index contributed by atoms with van der Waals surface area (Å²) in [7, 11) is 0. The summed E-state index contributed by atoms with van der Waals surface area (Å²) in [4.78, 5) is 33.2. The zero-order chi connectivity index (χ0) is 24.5. The lowest BCUT2D eigenvalue weighted by Gasteiger charge is -2.43. The Morgan fingerprint density at radius 1 is 0.750 bits per heavy atom. The fourth-order valence-electron chi connectivity index (χ4n) is 6.34. The van der Waals surface area contributed by atoms with Crippen LogP contribution in [0.4, 0.5) is 0 Å². The number of benzene rings is 3. The number of piperidine rings is 2. The van der Waals surface area contributed by atoms with Gasteiger partial charge in [-0.2, -0.15) is 0 Å². The molecule has 0 bridgehead atoms. The summed E-state index contributed by atoms with van der Waals surface area (Å²) < 4.78 is 5.42. The molecule has 36 heavy (non-hydrogen) atoms. The van der Waals surface area contributed by atoms with Crippen LogP contribution in [0.25, 0.3) is 21.5 Å². The Kier molecular flexibility index (Phi) is 6.63. The van der Waals surface area contributed by atoms with Gasteiger partial charge in [-0.25, -0.2) is 0 Å². The van der Waals surface area contributed by atoms with Crippen LogP contribution in [-0.2, 0) is 9.53 Å². The van der Waals surface area contributed by atoms with Crippen LogP contribution in [0.1, 0.15) is 36.0 Å². The molecular formula is C30H35N3O3. The molecule has 0 radical (unpaired) electrons. The smallest absolute Gasteiger partial charge is 0.254 e. The number of rotatable bonds is 3. The number of nitrogens with zero attached hydrogens (tertiary/aromatic N) is 3. The van der Waals surface area contributed by atoms with Gasteiger partial charge in [0.25, 0.3) is 5.91 Å². The van der Waals surface area contributed by atoms with Crippen LogP contribution < -0.4 is 0 Å². The summed E-state index contributed by atoms with van der Waals surface area (Å²) >= 11 is 0. The van der Waals surface area contributed by atoms with Gasteiger partial charge in [0.1, 0.15) is 0 Å². The second-order valence-electron chi connectivity index (χ2n) is 10.5. The van der Waals surface area contributed by atoms with Gasteiger partial charge in [-0.15, -0.1) is 0 Å². The van der Waals surface area contributed by atoms with Gasteiger partial charge in [0.05, 0.1) is 19.1 Å². The van der Waals surface area contributed by atoms with Crippen LogP contribution in [0.15, 0.2) is 54.6 Å². The lowest BCUT2D eigenvalue weighted by molar-refractivity contribution is -0.141. The highest BCUT2D eigenvalue weighted by atomic mass is 16.5. The summed E-state index contributed by atoms with van der Waals surface area (Å²) in [6.45, 7) is 6.20. The van der Waals surface area contributed by atoms with Crippen LogP contribution in [0.5, 0.6) is 0 Å². The van der Waals surface area contributed by atoms with Crippen molar-refractivity contribution in [1.29, 1.82) is 0 Å². The summed E-state index contributed by atoms with van der Waals surface area (Å²) in [5.41, 5.74) is 0.797. The number of likely N-dealkylation sites (tertiary alicyclic amines) is 2. The van der Waals surface area contributed by atoms with Crippen LogP contribution in [0.3, 0.4) is 0 Å². The van der Waals surface area contributed by atoms with Crippen molar-refractivity contribution in [1.82, 2.24) is 14.7 Å². The van der Waals surface area contributed by atoms with E-state index in [0.717, 1.165) is 86.7 Å². The van der Waals surface area contributed by atoms with E-state index < -0.39 is 0 Å². The number of carbonyl (C=O) groups excluding carboxylic acids is 2. The standard InChI is InChI=1S/C30H35N3O3/c34-29(32-15-17-36-18-16-32)25-8-4-12-33(21-25)26-10-13-31(14-11-26)30(35)27-9-3-7-24-19-22-5-1-2-6-23(22)20-28(24)27/h1-3,5-7,9,19-20,25-26H,4,8,10-18,21H2/t25-/m1/s1. The normalized spacial score (nSPS) is 22.3. The van der Waals surface area contributed by atoms with Crippen molar-refractivity contribution in [2.24, 2.45) is 5.92 Å². The lowest BCUT2D eigenvalue weighted by Crippen LogP contribution is -2.53. The number of morpholine rings is 1. The van der Waals surface area contributed by atoms with Crippen molar-refractivity contribution in [3.63, 3.8) is 0 Å². The number of fused-ring (bicyclic) bond motifs is 2. The van der Waals surface area contributed by atoms with Crippen LogP contribution in [0.2, 0.25) is 0 Å². The van der Waals surface area contributed by atoms with Gasteiger partial charge < -0.3 is 14.5 Å². The third-order valence-corrected chi connectivity index (χ3v) is 8.37. The first kappa shape index (κ1) is 23.4. The second-order valence-corrected chi connectivity index (χ2v) is 10.5. The monoisotopic (exact) mass is 485 g/mol. The maximum absolute atomic E-state index is 13.6. The van der Waals surface area contributed by atoms with Gasteiger partial charge in [0.2, 0.25) is 5.91 Å². The maximum Gasteiger partial charge on any atom is 0.254 e. The van der Waals surface area contributed by atoms with Crippen molar-refractivity contribution in [2.45, 2.75) is 31.7 Å². The molecule has 0 aliphatic carbocycles. The van der Waals surface area contributed by atoms with Crippen molar-refractivity contribution >= 4 is 33.4 Å². The Morgan fingerprint density at radius 2 is 1.47 bits per heavy atom. The molecule has 6 heteroatoms. The van der Waals surface area contributed by atoms with Gasteiger partial charge in [0, 0.05) is 44.3 Å². The highest BCUT2D eigenvalue weighted by Crippen LogP contribution is 2.29. The largest absolute Gasteiger partial charge is 0.378 e. The minimum atomic E-state index is 0.0991. The molecular weight excluding hydrogens is 450 g/mol. The predicted octanol–water partition coefficient (Wildman–Crippen LogP) is 4.17. The minimum Gasteiger partial charge on any atom is -0.378 e. The van der Waals surface area contributed by atoms with E-state index in [1.165, 1.54) is 5.39 Å². The Hall–Kier alpha value is -2.96. The Bertz CT molecular complexity index is 1260. The van der Waals surface area contributed by atoms with E-state index in [1.807, 2.05) is 28.0 Å². The van der Waals surface area contributed by atoms with Crippen molar-refractivity contribution in [3.8, 4) is 0 Å². The summed E-state index contributed by atoms with van der Waals surface area (Å²) in [5, 5.41) is 4.50. The van der Waals surface area contributed by atoms with E-state index in [-0.39, 0.29) is 11.8 Å². The number of carbonyl (C=O) groups is 2. The zero-order valence-electron chi connectivity index (χ0n) is 20.9. The van der Waals surface area contributed by atoms with Gasteiger partial charge in [-0.05, 0) is 72.0 Å². The maximum atomic E-state index is 13.6. The predicted molar refractivity (Wildman–Crippen MR) is 142 cm³/mol. The molecule has 0 unspecified atom stereocenters. The first-order valence-corrected chi connectivity index (χ1v) is 13.5. The molecule has 6 rings (SSSR count). The Balaban J connectivity index is 1.11. The molecule has 3 aliphatic heterocycles. The highest BCUT2D eigenvalue weighted by Gasteiger charge is 2.34. The molecule has 6 nitrogen and oxygen atoms in total. The SMILES string of the molecule is O=C(c1cccc2cc3ccccc3cc12)N1CCC(N2CCC[C@@H](C(=O)N3CCOCC3)C2)CC1. The van der Waals surface area contributed by atoms with Crippen LogP contribution in [0, 0.1) is 5.92 Å². The second kappa shape index (κ2) is 10.2. The van der Waals surface area contributed by atoms with E-state index in [9.17, 15) is 9.59 Å². The van der Waals surface area contributed by atoms with Gasteiger partial charge in [-0.3, -0.25) is 14.5 Å². The van der Waals surface area contributed by atoms with E-state index >= 15 is 0 Å². The fraction of sp³-hybridized carbons (Fsp3) is 0.467. The van der Waals surface area contributed by atoms with E-state index in [0.29, 0.717) is 25.2 Å². The number of ether oxygens (including phenoxy) is 1. The van der Waals surface area contributed by atoms with Crippen molar-refractivity contribution in [3.05, 3.63) is 60.2 Å². The van der Waals surface area contributed by atoms with Crippen molar-refractivity contribution < 1.29 is 14.3 Å². The molecule has 0 N–H and O–H groups in total. The quantitative estimate of drug-likeness (QED) is 0.523. The average molecular weight is 486 g/mol. The zero-order valence-corrected chi connectivity index (χ0v) is 20.9. The third-order valence-electron chi connectivity index (χ3n) is 8.37. The van der Waals surface area contributed by atoms with Crippen LogP contribution in [-0.4, -0.2) is 85.0 Å². The molecule has 2 amide bonds. The van der Waals surface area contributed by atoms with Crippen molar-refractivity contribution in [2.75, 3.05) is 52.5 Å². The van der Waals surface area contributed by atoms with Gasteiger partial charge in [-0.1, -0.05) is 36.4 Å². The Labute approximate surface area is 212 Å². The molecule has 3 saturated heterocycles.